The molecule has 0 saturated carbocycles. The van der Waals surface area contributed by atoms with E-state index in [1.54, 1.807) is 30.5 Å². The number of rotatable bonds is 17. The van der Waals surface area contributed by atoms with Crippen molar-refractivity contribution in [3.63, 3.8) is 0 Å². The van der Waals surface area contributed by atoms with Crippen molar-refractivity contribution in [1.29, 1.82) is 0 Å². The number of carboxylic acid groups (broad SMARTS) is 1. The SMILES string of the molecule is Cc1ccc(S(=O)(=O)N[C@@H](Cc2c[nH]c3ccccc23)C(=O)NCCCCC(C(=O)O)N(CC(C)C)S(=O)(=O)c2ccc(C)cc2)cc1. The number of unbranched alkanes of at least 4 members (excludes halogenated alkanes) is 1. The summed E-state index contributed by atoms with van der Waals surface area (Å²) in [6.45, 7) is 7.50. The van der Waals surface area contributed by atoms with Gasteiger partial charge in [-0.2, -0.15) is 9.03 Å². The summed E-state index contributed by atoms with van der Waals surface area (Å²) in [7, 11) is -8.13. The number of hydrogen-bond donors (Lipinski definition) is 4. The van der Waals surface area contributed by atoms with Gasteiger partial charge >= 0.3 is 5.97 Å². The molecule has 4 N–H and O–H groups in total. The summed E-state index contributed by atoms with van der Waals surface area (Å²) in [6, 6.07) is 17.7. The molecule has 0 aliphatic heterocycles. The number of amides is 1. The van der Waals surface area contributed by atoms with Crippen LogP contribution in [0.4, 0.5) is 0 Å². The Kier molecular flexibility index (Phi) is 12.2. The lowest BCUT2D eigenvalue weighted by atomic mass is 10.0. The van der Waals surface area contributed by atoms with E-state index in [1.165, 1.54) is 24.3 Å². The second-order valence-electron chi connectivity index (χ2n) is 12.5. The van der Waals surface area contributed by atoms with E-state index in [1.807, 2.05) is 52.0 Å². The first-order valence-corrected chi connectivity index (χ1v) is 18.8. The van der Waals surface area contributed by atoms with Crippen molar-refractivity contribution in [3.05, 3.63) is 95.7 Å². The molecule has 48 heavy (non-hydrogen) atoms. The zero-order chi connectivity index (χ0) is 35.1. The standard InChI is InChI=1S/C35H44N4O7S2/c1-24(2)23-39(48(45,46)29-18-14-26(4)15-19-29)33(35(41)42)11-7-8-20-36-34(40)32(21-27-22-37-31-10-6-5-9-30(27)31)38-47(43,44)28-16-12-25(3)13-17-28/h5-6,9-10,12-19,22,24,32-33,37-38H,7-8,11,20-21,23H2,1-4H3,(H,36,40)(H,41,42)/t32-,33?/m0/s1. The number of carbonyl (C=O) groups is 2. The van der Waals surface area contributed by atoms with Gasteiger partial charge in [-0.1, -0.05) is 67.4 Å². The fraction of sp³-hybridized carbons (Fsp3) is 0.371. The Hall–Kier alpha value is -4.04. The van der Waals surface area contributed by atoms with E-state index >= 15 is 0 Å². The largest absolute Gasteiger partial charge is 0.480 e. The van der Waals surface area contributed by atoms with Gasteiger partial charge in [-0.05, 0) is 81.3 Å². The number of carboxylic acids is 1. The van der Waals surface area contributed by atoms with Crippen LogP contribution in [-0.4, -0.2) is 68.3 Å². The lowest BCUT2D eigenvalue weighted by molar-refractivity contribution is -0.142. The van der Waals surface area contributed by atoms with Crippen LogP contribution in [0.25, 0.3) is 10.9 Å². The molecule has 0 spiro atoms. The Labute approximate surface area is 282 Å². The number of hydrogen-bond acceptors (Lipinski definition) is 6. The minimum absolute atomic E-state index is 0.0283. The summed E-state index contributed by atoms with van der Waals surface area (Å²) in [4.78, 5) is 29.1. The lowest BCUT2D eigenvalue weighted by Gasteiger charge is -2.29. The Morgan fingerprint density at radius 3 is 2.06 bits per heavy atom. The molecule has 0 fully saturated rings. The monoisotopic (exact) mass is 696 g/mol. The Balaban J connectivity index is 1.45. The lowest BCUT2D eigenvalue weighted by Crippen LogP contribution is -2.48. The van der Waals surface area contributed by atoms with Gasteiger partial charge in [0.25, 0.3) is 0 Å². The van der Waals surface area contributed by atoms with Gasteiger partial charge in [0.2, 0.25) is 26.0 Å². The van der Waals surface area contributed by atoms with Crippen LogP contribution >= 0.6 is 0 Å². The van der Waals surface area contributed by atoms with Crippen LogP contribution < -0.4 is 10.0 Å². The number of nitrogens with zero attached hydrogens (tertiary/aromatic N) is 1. The highest BCUT2D eigenvalue weighted by atomic mass is 32.2. The van der Waals surface area contributed by atoms with Crippen molar-refractivity contribution >= 4 is 42.8 Å². The molecule has 11 nitrogen and oxygen atoms in total. The molecule has 258 valence electrons. The zero-order valence-corrected chi connectivity index (χ0v) is 29.3. The Morgan fingerprint density at radius 1 is 0.854 bits per heavy atom. The molecular formula is C35H44N4O7S2. The smallest absolute Gasteiger partial charge is 0.322 e. The van der Waals surface area contributed by atoms with Crippen molar-refractivity contribution in [2.24, 2.45) is 5.92 Å². The second kappa shape index (κ2) is 15.9. The first-order chi connectivity index (χ1) is 22.7. The fourth-order valence-electron chi connectivity index (χ4n) is 5.47. The topological polar surface area (TPSA) is 166 Å². The maximum atomic E-state index is 13.6. The van der Waals surface area contributed by atoms with Crippen molar-refractivity contribution in [2.75, 3.05) is 13.1 Å². The average molecular weight is 697 g/mol. The van der Waals surface area contributed by atoms with Gasteiger partial charge in [-0.15, -0.1) is 0 Å². The van der Waals surface area contributed by atoms with Gasteiger partial charge in [0, 0.05) is 30.2 Å². The summed E-state index contributed by atoms with van der Waals surface area (Å²) >= 11 is 0. The summed E-state index contributed by atoms with van der Waals surface area (Å²) in [6.07, 6.45) is 2.52. The molecule has 1 amide bonds. The van der Waals surface area contributed by atoms with E-state index < -0.39 is 44.0 Å². The minimum atomic E-state index is -4.09. The highest BCUT2D eigenvalue weighted by Crippen LogP contribution is 2.24. The molecule has 13 heteroatoms. The van der Waals surface area contributed by atoms with Crippen LogP contribution in [0.3, 0.4) is 0 Å². The highest BCUT2D eigenvalue weighted by molar-refractivity contribution is 7.89. The van der Waals surface area contributed by atoms with Crippen LogP contribution in [0.1, 0.15) is 49.8 Å². The molecule has 4 aromatic rings. The van der Waals surface area contributed by atoms with Gasteiger partial charge in [0.05, 0.1) is 9.79 Å². The average Bonchev–Trinajstić information content (AvgIpc) is 3.44. The van der Waals surface area contributed by atoms with E-state index in [2.05, 4.69) is 15.0 Å². The molecule has 0 aliphatic rings. The molecular weight excluding hydrogens is 653 g/mol. The molecule has 0 radical (unpaired) electrons. The predicted molar refractivity (Wildman–Crippen MR) is 185 cm³/mol. The molecule has 1 heterocycles. The van der Waals surface area contributed by atoms with E-state index in [9.17, 15) is 31.5 Å². The van der Waals surface area contributed by atoms with Crippen molar-refractivity contribution < 1.29 is 31.5 Å². The van der Waals surface area contributed by atoms with E-state index in [-0.39, 0.29) is 41.6 Å². The summed E-state index contributed by atoms with van der Waals surface area (Å²) in [5.41, 5.74) is 3.40. The van der Waals surface area contributed by atoms with E-state index in [0.29, 0.717) is 12.8 Å². The number of aromatic amines is 1. The number of sulfonamides is 2. The van der Waals surface area contributed by atoms with Crippen molar-refractivity contribution in [1.82, 2.24) is 19.3 Å². The normalized spacial score (nSPS) is 13.5. The fourth-order valence-corrected chi connectivity index (χ4v) is 8.44. The zero-order valence-electron chi connectivity index (χ0n) is 27.6. The third kappa shape index (κ3) is 9.31. The number of para-hydroxylation sites is 1. The third-order valence-electron chi connectivity index (χ3n) is 8.05. The van der Waals surface area contributed by atoms with Gasteiger partial charge in [0.15, 0.2) is 0 Å². The van der Waals surface area contributed by atoms with E-state index in [0.717, 1.165) is 31.9 Å². The quantitative estimate of drug-likeness (QED) is 0.116. The molecule has 1 unspecified atom stereocenters. The highest BCUT2D eigenvalue weighted by Gasteiger charge is 2.36. The summed E-state index contributed by atoms with van der Waals surface area (Å²) in [5.74, 6) is -1.90. The molecule has 0 aliphatic carbocycles. The number of aromatic nitrogens is 1. The minimum Gasteiger partial charge on any atom is -0.480 e. The first kappa shape index (κ1) is 36.8. The number of aryl methyl sites for hydroxylation is 2. The number of H-pyrrole nitrogens is 1. The summed E-state index contributed by atoms with van der Waals surface area (Å²) in [5, 5.41) is 13.8. The molecule has 1 aromatic heterocycles. The number of benzene rings is 3. The number of aliphatic carboxylic acids is 1. The van der Waals surface area contributed by atoms with Crippen LogP contribution in [0.2, 0.25) is 0 Å². The third-order valence-corrected chi connectivity index (χ3v) is 11.4. The summed E-state index contributed by atoms with van der Waals surface area (Å²) < 4.78 is 57.4. The van der Waals surface area contributed by atoms with Gasteiger partial charge < -0.3 is 15.4 Å². The maximum absolute atomic E-state index is 13.6. The van der Waals surface area contributed by atoms with Crippen LogP contribution in [-0.2, 0) is 36.1 Å². The van der Waals surface area contributed by atoms with Crippen molar-refractivity contribution in [2.45, 2.75) is 75.3 Å². The van der Waals surface area contributed by atoms with Crippen molar-refractivity contribution in [3.8, 4) is 0 Å². The first-order valence-electron chi connectivity index (χ1n) is 15.9. The number of fused-ring (bicyclic) bond motifs is 1. The Morgan fingerprint density at radius 2 is 1.46 bits per heavy atom. The van der Waals surface area contributed by atoms with E-state index in [4.69, 9.17) is 0 Å². The molecule has 0 bridgehead atoms. The predicted octanol–water partition coefficient (Wildman–Crippen LogP) is 4.76. The molecule has 3 aromatic carbocycles. The van der Waals surface area contributed by atoms with Crippen LogP contribution in [0.15, 0.2) is 88.8 Å². The van der Waals surface area contributed by atoms with Crippen LogP contribution in [0.5, 0.6) is 0 Å². The molecule has 4 rings (SSSR count). The van der Waals surface area contributed by atoms with Gasteiger partial charge in [-0.3, -0.25) is 9.59 Å². The number of carbonyl (C=O) groups excluding carboxylic acids is 1. The van der Waals surface area contributed by atoms with Gasteiger partial charge in [-0.25, -0.2) is 16.8 Å². The molecule has 0 saturated heterocycles. The Bertz CT molecular complexity index is 1920. The van der Waals surface area contributed by atoms with Crippen LogP contribution in [0, 0.1) is 19.8 Å². The van der Waals surface area contributed by atoms with Gasteiger partial charge in [0.1, 0.15) is 12.1 Å². The maximum Gasteiger partial charge on any atom is 0.322 e. The molecule has 2 atom stereocenters. The number of nitrogens with one attached hydrogen (secondary N) is 3. The second-order valence-corrected chi connectivity index (χ2v) is 16.1.